The van der Waals surface area contributed by atoms with E-state index in [-0.39, 0.29) is 17.5 Å². The van der Waals surface area contributed by atoms with E-state index in [1.54, 1.807) is 6.92 Å². The average molecular weight is 277 g/mol. The Morgan fingerprint density at radius 3 is 2.71 bits per heavy atom. The van der Waals surface area contributed by atoms with Crippen LogP contribution in [0, 0.1) is 10.1 Å². The fourth-order valence-corrected chi connectivity index (χ4v) is 3.83. The molecule has 2 atom stereocenters. The van der Waals surface area contributed by atoms with Gasteiger partial charge in [0.15, 0.2) is 0 Å². The van der Waals surface area contributed by atoms with E-state index in [4.69, 9.17) is 5.11 Å². The summed E-state index contributed by atoms with van der Waals surface area (Å²) >= 11 is 2.61. The van der Waals surface area contributed by atoms with Gasteiger partial charge in [0, 0.05) is 22.8 Å². The molecule has 0 aromatic carbocycles. The molecule has 1 unspecified atom stereocenters. The highest BCUT2D eigenvalue weighted by atomic mass is 32.2. The standard InChI is InChI=1S/C10H15NO4S2/c1-6(3-4-12)16-10-8(11(14)15)5-9(17-10)7(2)13/h5-7,12-13H,3-4H2,1-2H3/t6?,7-/m0/s1. The number of aliphatic hydroxyl groups excluding tert-OH is 2. The van der Waals surface area contributed by atoms with Gasteiger partial charge >= 0.3 is 0 Å². The van der Waals surface area contributed by atoms with E-state index in [1.807, 2.05) is 6.92 Å². The SMILES string of the molecule is CC(CCO)Sc1sc([C@H](C)O)cc1[N+](=O)[O-]. The molecular formula is C10H15NO4S2. The average Bonchev–Trinajstić information content (AvgIpc) is 2.62. The molecule has 2 N–H and O–H groups in total. The van der Waals surface area contributed by atoms with Crippen molar-refractivity contribution in [3.05, 3.63) is 21.1 Å². The van der Waals surface area contributed by atoms with Crippen LogP contribution in [0.25, 0.3) is 0 Å². The quantitative estimate of drug-likeness (QED) is 0.474. The molecule has 0 saturated heterocycles. The number of hydrogen-bond acceptors (Lipinski definition) is 6. The van der Waals surface area contributed by atoms with Crippen molar-refractivity contribution in [3.63, 3.8) is 0 Å². The number of nitrogens with zero attached hydrogens (tertiary/aromatic N) is 1. The van der Waals surface area contributed by atoms with Crippen molar-refractivity contribution in [2.24, 2.45) is 0 Å². The van der Waals surface area contributed by atoms with Crippen molar-refractivity contribution >= 4 is 28.8 Å². The summed E-state index contributed by atoms with van der Waals surface area (Å²) in [6.07, 6.45) is -0.106. The van der Waals surface area contributed by atoms with E-state index in [0.29, 0.717) is 15.5 Å². The minimum atomic E-state index is -0.693. The number of rotatable bonds is 6. The van der Waals surface area contributed by atoms with E-state index in [9.17, 15) is 15.2 Å². The molecule has 0 radical (unpaired) electrons. The molecule has 0 aliphatic heterocycles. The van der Waals surface area contributed by atoms with Gasteiger partial charge in [-0.2, -0.15) is 0 Å². The van der Waals surface area contributed by atoms with Crippen molar-refractivity contribution in [3.8, 4) is 0 Å². The molecule has 5 nitrogen and oxygen atoms in total. The Bertz CT molecular complexity index is 392. The molecule has 17 heavy (non-hydrogen) atoms. The third kappa shape index (κ3) is 3.95. The summed E-state index contributed by atoms with van der Waals surface area (Å²) in [4.78, 5) is 11.0. The predicted octanol–water partition coefficient (Wildman–Crippen LogP) is 2.57. The first-order valence-corrected chi connectivity index (χ1v) is 6.89. The molecule has 1 heterocycles. The molecule has 0 saturated carbocycles. The van der Waals surface area contributed by atoms with Crippen LogP contribution in [0.15, 0.2) is 10.3 Å². The molecule has 0 bridgehead atoms. The summed E-state index contributed by atoms with van der Waals surface area (Å²) < 4.78 is 0.590. The summed E-state index contributed by atoms with van der Waals surface area (Å²) in [6.45, 7) is 3.56. The van der Waals surface area contributed by atoms with Crippen LogP contribution < -0.4 is 0 Å². The van der Waals surface area contributed by atoms with Gasteiger partial charge in [-0.3, -0.25) is 10.1 Å². The summed E-state index contributed by atoms with van der Waals surface area (Å²) in [5.41, 5.74) is 0.0423. The van der Waals surface area contributed by atoms with Crippen molar-refractivity contribution < 1.29 is 15.1 Å². The van der Waals surface area contributed by atoms with Gasteiger partial charge in [0.25, 0.3) is 5.69 Å². The van der Waals surface area contributed by atoms with Crippen LogP contribution in [0.1, 0.15) is 31.2 Å². The summed E-state index contributed by atoms with van der Waals surface area (Å²) in [7, 11) is 0. The molecule has 96 valence electrons. The topological polar surface area (TPSA) is 83.6 Å². The molecule has 0 amide bonds. The first-order valence-electron chi connectivity index (χ1n) is 5.19. The van der Waals surface area contributed by atoms with Crippen LogP contribution in [-0.4, -0.2) is 27.0 Å². The maximum absolute atomic E-state index is 10.9. The zero-order valence-electron chi connectivity index (χ0n) is 9.62. The second kappa shape index (κ2) is 6.34. The highest BCUT2D eigenvalue weighted by molar-refractivity contribution is 8.01. The van der Waals surface area contributed by atoms with Gasteiger partial charge in [-0.05, 0) is 13.3 Å². The molecular weight excluding hydrogens is 262 g/mol. The molecule has 7 heteroatoms. The van der Waals surface area contributed by atoms with Crippen LogP contribution in [0.4, 0.5) is 5.69 Å². The van der Waals surface area contributed by atoms with Crippen molar-refractivity contribution in [1.82, 2.24) is 0 Å². The van der Waals surface area contributed by atoms with Gasteiger partial charge in [0.2, 0.25) is 0 Å². The Hall–Kier alpha value is -0.630. The molecule has 1 aromatic heterocycles. The second-order valence-corrected chi connectivity index (χ2v) is 6.49. The monoisotopic (exact) mass is 277 g/mol. The highest BCUT2D eigenvalue weighted by Crippen LogP contribution is 2.41. The van der Waals surface area contributed by atoms with E-state index in [1.165, 1.54) is 29.2 Å². The van der Waals surface area contributed by atoms with Crippen LogP contribution in [-0.2, 0) is 0 Å². The number of aliphatic hydroxyl groups is 2. The minimum absolute atomic E-state index is 0.0423. The highest BCUT2D eigenvalue weighted by Gasteiger charge is 2.22. The largest absolute Gasteiger partial charge is 0.396 e. The van der Waals surface area contributed by atoms with Crippen LogP contribution in [0.5, 0.6) is 0 Å². The van der Waals surface area contributed by atoms with Crippen molar-refractivity contribution in [2.45, 2.75) is 35.8 Å². The zero-order valence-corrected chi connectivity index (χ0v) is 11.3. The Morgan fingerprint density at radius 1 is 1.59 bits per heavy atom. The molecule has 0 aliphatic rings. The maximum atomic E-state index is 10.9. The molecule has 1 rings (SSSR count). The molecule has 0 fully saturated rings. The lowest BCUT2D eigenvalue weighted by Gasteiger charge is -2.06. The lowest BCUT2D eigenvalue weighted by molar-refractivity contribution is -0.387. The number of thiophene rings is 1. The van der Waals surface area contributed by atoms with Crippen molar-refractivity contribution in [2.75, 3.05) is 6.61 Å². The van der Waals surface area contributed by atoms with Crippen LogP contribution in [0.2, 0.25) is 0 Å². The maximum Gasteiger partial charge on any atom is 0.294 e. The van der Waals surface area contributed by atoms with Gasteiger partial charge in [-0.25, -0.2) is 0 Å². The molecule has 0 spiro atoms. The third-order valence-corrected chi connectivity index (χ3v) is 4.84. The smallest absolute Gasteiger partial charge is 0.294 e. The van der Waals surface area contributed by atoms with E-state index in [0.717, 1.165) is 0 Å². The molecule has 0 aliphatic carbocycles. The van der Waals surface area contributed by atoms with Gasteiger partial charge < -0.3 is 10.2 Å². The fraction of sp³-hybridized carbons (Fsp3) is 0.600. The third-order valence-electron chi connectivity index (χ3n) is 2.15. The van der Waals surface area contributed by atoms with Gasteiger partial charge in [0.1, 0.15) is 4.21 Å². The fourth-order valence-electron chi connectivity index (χ4n) is 1.22. The Morgan fingerprint density at radius 2 is 2.24 bits per heavy atom. The lowest BCUT2D eigenvalue weighted by Crippen LogP contribution is -1.99. The van der Waals surface area contributed by atoms with Gasteiger partial charge in [0.05, 0.1) is 11.0 Å². The first-order chi connectivity index (χ1) is 7.95. The Kier molecular flexibility index (Phi) is 5.38. The summed E-state index contributed by atoms with van der Waals surface area (Å²) in [5, 5.41) is 29.2. The number of nitro groups is 1. The Balaban J connectivity index is 2.92. The number of hydrogen-bond donors (Lipinski definition) is 2. The minimum Gasteiger partial charge on any atom is -0.396 e. The van der Waals surface area contributed by atoms with E-state index >= 15 is 0 Å². The van der Waals surface area contributed by atoms with Gasteiger partial charge in [-0.15, -0.1) is 23.1 Å². The van der Waals surface area contributed by atoms with Gasteiger partial charge in [-0.1, -0.05) is 6.92 Å². The van der Waals surface area contributed by atoms with Crippen LogP contribution in [0.3, 0.4) is 0 Å². The van der Waals surface area contributed by atoms with Crippen molar-refractivity contribution in [1.29, 1.82) is 0 Å². The van der Waals surface area contributed by atoms with E-state index in [2.05, 4.69) is 0 Å². The Labute approximate surface area is 108 Å². The summed E-state index contributed by atoms with van der Waals surface area (Å²) in [5.74, 6) is 0. The van der Waals surface area contributed by atoms with Crippen LogP contribution >= 0.6 is 23.1 Å². The summed E-state index contributed by atoms with van der Waals surface area (Å²) in [6, 6.07) is 1.42. The normalized spacial score (nSPS) is 14.6. The second-order valence-electron chi connectivity index (χ2n) is 3.70. The van der Waals surface area contributed by atoms with E-state index < -0.39 is 11.0 Å². The first kappa shape index (κ1) is 14.4. The number of thioether (sulfide) groups is 1. The molecule has 1 aromatic rings. The zero-order chi connectivity index (χ0) is 13.0. The lowest BCUT2D eigenvalue weighted by atomic mass is 10.3. The predicted molar refractivity (Wildman–Crippen MR) is 68.6 cm³/mol.